The average Bonchev–Trinajstić information content (AvgIpc) is 2.97. The van der Waals surface area contributed by atoms with Gasteiger partial charge in [0, 0.05) is 30.5 Å². The highest BCUT2D eigenvalue weighted by atomic mass is 16.5. The maximum absolute atomic E-state index is 5.42. The van der Waals surface area contributed by atoms with Crippen molar-refractivity contribution in [2.45, 2.75) is 26.1 Å². The summed E-state index contributed by atoms with van der Waals surface area (Å²) >= 11 is 0. The van der Waals surface area contributed by atoms with Crippen LogP contribution in [-0.4, -0.2) is 30.0 Å². The van der Waals surface area contributed by atoms with E-state index in [9.17, 15) is 0 Å². The first-order valence-corrected chi connectivity index (χ1v) is 6.65. The van der Waals surface area contributed by atoms with Crippen LogP contribution >= 0.6 is 0 Å². The Hall–Kier alpha value is -2.01. The topological polar surface area (TPSA) is 48.3 Å². The second-order valence-corrected chi connectivity index (χ2v) is 4.66. The minimum Gasteiger partial charge on any atom is -0.493 e. The highest BCUT2D eigenvalue weighted by Crippen LogP contribution is 2.30. The number of nitrogens with zero attached hydrogens (tertiary/aromatic N) is 2. The number of benzene rings is 1. The number of rotatable bonds is 7. The van der Waals surface area contributed by atoms with Gasteiger partial charge in [-0.1, -0.05) is 12.1 Å². The number of nitrogens with one attached hydrogen (secondary N) is 1. The molecule has 0 aliphatic rings. The van der Waals surface area contributed by atoms with Crippen LogP contribution < -0.4 is 14.8 Å². The van der Waals surface area contributed by atoms with Crippen LogP contribution in [0.15, 0.2) is 36.7 Å². The third-order valence-corrected chi connectivity index (χ3v) is 3.15. The Kier molecular flexibility index (Phi) is 5.01. The number of aromatic nitrogens is 2. The van der Waals surface area contributed by atoms with Gasteiger partial charge in [-0.2, -0.15) is 5.10 Å². The largest absolute Gasteiger partial charge is 0.493 e. The summed E-state index contributed by atoms with van der Waals surface area (Å²) in [5, 5.41) is 7.67. The van der Waals surface area contributed by atoms with E-state index in [1.54, 1.807) is 20.4 Å². The fourth-order valence-electron chi connectivity index (χ4n) is 2.13. The van der Waals surface area contributed by atoms with Gasteiger partial charge in [0.25, 0.3) is 0 Å². The van der Waals surface area contributed by atoms with Crippen LogP contribution in [0.5, 0.6) is 11.5 Å². The molecule has 5 nitrogen and oxygen atoms in total. The maximum atomic E-state index is 5.42. The van der Waals surface area contributed by atoms with Gasteiger partial charge < -0.3 is 14.8 Å². The Balaban J connectivity index is 1.96. The van der Waals surface area contributed by atoms with Crippen LogP contribution in [0.4, 0.5) is 0 Å². The molecule has 5 heteroatoms. The Morgan fingerprint density at radius 2 is 2.10 bits per heavy atom. The van der Waals surface area contributed by atoms with E-state index in [0.29, 0.717) is 6.04 Å². The molecular formula is C15H21N3O2. The van der Waals surface area contributed by atoms with E-state index in [1.165, 1.54) is 0 Å². The highest BCUT2D eigenvalue weighted by Gasteiger charge is 2.10. The van der Waals surface area contributed by atoms with Crippen LogP contribution in [0.2, 0.25) is 0 Å². The molecule has 108 valence electrons. The lowest BCUT2D eigenvalue weighted by molar-refractivity contribution is 0.349. The molecule has 1 N–H and O–H groups in total. The van der Waals surface area contributed by atoms with Crippen molar-refractivity contribution in [1.82, 2.24) is 15.1 Å². The van der Waals surface area contributed by atoms with Gasteiger partial charge in [0.2, 0.25) is 0 Å². The van der Waals surface area contributed by atoms with Crippen LogP contribution in [0.1, 0.15) is 12.5 Å². The van der Waals surface area contributed by atoms with E-state index < -0.39 is 0 Å². The molecule has 0 aliphatic heterocycles. The quantitative estimate of drug-likeness (QED) is 0.840. The number of methoxy groups -OCH3 is 2. The van der Waals surface area contributed by atoms with Crippen LogP contribution in [0.3, 0.4) is 0 Å². The van der Waals surface area contributed by atoms with Crippen LogP contribution in [0.25, 0.3) is 0 Å². The van der Waals surface area contributed by atoms with E-state index >= 15 is 0 Å². The van der Waals surface area contributed by atoms with Crippen molar-refractivity contribution >= 4 is 0 Å². The molecule has 1 aromatic heterocycles. The molecule has 0 saturated heterocycles. The molecule has 0 spiro atoms. The van der Waals surface area contributed by atoms with Crippen molar-refractivity contribution in [3.63, 3.8) is 0 Å². The lowest BCUT2D eigenvalue weighted by Gasteiger charge is -2.16. The predicted molar refractivity (Wildman–Crippen MR) is 78.1 cm³/mol. The molecule has 1 aromatic carbocycles. The second kappa shape index (κ2) is 6.96. The van der Waals surface area contributed by atoms with Gasteiger partial charge in [-0.3, -0.25) is 4.68 Å². The zero-order valence-electron chi connectivity index (χ0n) is 12.2. The van der Waals surface area contributed by atoms with Gasteiger partial charge in [-0.25, -0.2) is 0 Å². The van der Waals surface area contributed by atoms with Gasteiger partial charge in [-0.15, -0.1) is 0 Å². The van der Waals surface area contributed by atoms with Crippen molar-refractivity contribution in [1.29, 1.82) is 0 Å². The maximum Gasteiger partial charge on any atom is 0.165 e. The van der Waals surface area contributed by atoms with Crippen molar-refractivity contribution in [3.05, 3.63) is 42.2 Å². The van der Waals surface area contributed by atoms with E-state index in [2.05, 4.69) is 17.3 Å². The van der Waals surface area contributed by atoms with E-state index in [1.807, 2.05) is 35.1 Å². The summed E-state index contributed by atoms with van der Waals surface area (Å²) in [6, 6.07) is 8.14. The summed E-state index contributed by atoms with van der Waals surface area (Å²) in [5.41, 5.74) is 1.08. The van der Waals surface area contributed by atoms with Gasteiger partial charge in [-0.05, 0) is 19.1 Å². The van der Waals surface area contributed by atoms with E-state index in [0.717, 1.165) is 30.2 Å². The van der Waals surface area contributed by atoms with Crippen molar-refractivity contribution in [3.8, 4) is 11.5 Å². The van der Waals surface area contributed by atoms with Crippen LogP contribution in [0, 0.1) is 0 Å². The smallest absolute Gasteiger partial charge is 0.165 e. The first kappa shape index (κ1) is 14.4. The highest BCUT2D eigenvalue weighted by molar-refractivity contribution is 5.46. The molecule has 0 amide bonds. The minimum atomic E-state index is 0.311. The van der Waals surface area contributed by atoms with E-state index in [-0.39, 0.29) is 0 Å². The van der Waals surface area contributed by atoms with Crippen LogP contribution in [-0.2, 0) is 13.1 Å². The Bertz CT molecular complexity index is 526. The molecule has 1 heterocycles. The Labute approximate surface area is 119 Å². The molecule has 0 unspecified atom stereocenters. The molecule has 2 rings (SSSR count). The summed E-state index contributed by atoms with van der Waals surface area (Å²) in [6.45, 7) is 3.69. The lowest BCUT2D eigenvalue weighted by atomic mass is 10.1. The second-order valence-electron chi connectivity index (χ2n) is 4.66. The predicted octanol–water partition coefficient (Wildman–Crippen LogP) is 2.08. The molecule has 0 aliphatic carbocycles. The zero-order chi connectivity index (χ0) is 14.4. The molecule has 0 saturated carbocycles. The first-order chi connectivity index (χ1) is 9.74. The zero-order valence-corrected chi connectivity index (χ0v) is 12.2. The third kappa shape index (κ3) is 3.51. The number of para-hydroxylation sites is 1. The number of ether oxygens (including phenoxy) is 2. The van der Waals surface area contributed by atoms with E-state index in [4.69, 9.17) is 9.47 Å². The molecule has 1 atom stereocenters. The SMILES string of the molecule is COc1cccc(CN[C@H](C)Cn2cccn2)c1OC. The Morgan fingerprint density at radius 1 is 1.25 bits per heavy atom. The van der Waals surface area contributed by atoms with Gasteiger partial charge >= 0.3 is 0 Å². The molecule has 2 aromatic rings. The minimum absolute atomic E-state index is 0.311. The average molecular weight is 275 g/mol. The number of hydrogen-bond donors (Lipinski definition) is 1. The summed E-state index contributed by atoms with van der Waals surface area (Å²) < 4.78 is 12.6. The standard InChI is InChI=1S/C15H21N3O2/c1-12(11-18-9-5-8-17-18)16-10-13-6-4-7-14(19-2)15(13)20-3/h4-9,12,16H,10-11H2,1-3H3/t12-/m1/s1. The Morgan fingerprint density at radius 3 is 2.75 bits per heavy atom. The van der Waals surface area contributed by atoms with Gasteiger partial charge in [0.05, 0.1) is 20.8 Å². The molecule has 20 heavy (non-hydrogen) atoms. The normalized spacial score (nSPS) is 12.2. The fourth-order valence-corrected chi connectivity index (χ4v) is 2.13. The van der Waals surface area contributed by atoms with Crippen molar-refractivity contribution < 1.29 is 9.47 Å². The summed E-state index contributed by atoms with van der Waals surface area (Å²) in [6.07, 6.45) is 3.75. The fraction of sp³-hybridized carbons (Fsp3) is 0.400. The number of hydrogen-bond acceptors (Lipinski definition) is 4. The summed E-state index contributed by atoms with van der Waals surface area (Å²) in [7, 11) is 3.31. The molecular weight excluding hydrogens is 254 g/mol. The van der Waals surface area contributed by atoms with Crippen molar-refractivity contribution in [2.24, 2.45) is 0 Å². The molecule has 0 bridgehead atoms. The summed E-state index contributed by atoms with van der Waals surface area (Å²) in [5.74, 6) is 1.54. The molecule has 0 radical (unpaired) electrons. The summed E-state index contributed by atoms with van der Waals surface area (Å²) in [4.78, 5) is 0. The third-order valence-electron chi connectivity index (χ3n) is 3.15. The molecule has 0 fully saturated rings. The first-order valence-electron chi connectivity index (χ1n) is 6.65. The van der Waals surface area contributed by atoms with Gasteiger partial charge in [0.1, 0.15) is 0 Å². The van der Waals surface area contributed by atoms with Gasteiger partial charge in [0.15, 0.2) is 11.5 Å². The monoisotopic (exact) mass is 275 g/mol. The lowest BCUT2D eigenvalue weighted by Crippen LogP contribution is -2.30. The van der Waals surface area contributed by atoms with Crippen molar-refractivity contribution in [2.75, 3.05) is 14.2 Å².